The van der Waals surface area contributed by atoms with Crippen LogP contribution in [0.15, 0.2) is 65.6 Å². The SMILES string of the molecule is O=C(COc1ccc(Cl)cc1)Nc1ccc(N2CCN(Cc3ccoc3)CC2)nc1. The monoisotopic (exact) mass is 426 g/mol. The lowest BCUT2D eigenvalue weighted by Crippen LogP contribution is -2.46. The number of nitrogens with one attached hydrogen (secondary N) is 1. The quantitative estimate of drug-likeness (QED) is 0.621. The molecule has 8 heteroatoms. The zero-order valence-corrected chi connectivity index (χ0v) is 17.2. The third-order valence-electron chi connectivity index (χ3n) is 4.90. The fourth-order valence-corrected chi connectivity index (χ4v) is 3.43. The number of rotatable bonds is 7. The molecule has 0 bridgehead atoms. The number of piperazine rings is 1. The summed E-state index contributed by atoms with van der Waals surface area (Å²) in [7, 11) is 0. The van der Waals surface area contributed by atoms with E-state index in [1.165, 1.54) is 5.56 Å². The molecule has 0 aliphatic carbocycles. The number of carbonyl (C=O) groups excluding carboxylic acids is 1. The van der Waals surface area contributed by atoms with Gasteiger partial charge in [-0.3, -0.25) is 9.69 Å². The first-order valence-electron chi connectivity index (χ1n) is 9.78. The summed E-state index contributed by atoms with van der Waals surface area (Å²) >= 11 is 5.84. The summed E-state index contributed by atoms with van der Waals surface area (Å²) in [5.41, 5.74) is 1.84. The number of amides is 1. The van der Waals surface area contributed by atoms with Crippen molar-refractivity contribution in [3.63, 3.8) is 0 Å². The summed E-state index contributed by atoms with van der Waals surface area (Å²) in [6.07, 6.45) is 5.18. The highest BCUT2D eigenvalue weighted by Gasteiger charge is 2.18. The Kier molecular flexibility index (Phi) is 6.51. The Bertz CT molecular complexity index is 938. The highest BCUT2D eigenvalue weighted by molar-refractivity contribution is 6.30. The zero-order chi connectivity index (χ0) is 20.8. The van der Waals surface area contributed by atoms with E-state index in [0.717, 1.165) is 38.5 Å². The van der Waals surface area contributed by atoms with E-state index < -0.39 is 0 Å². The Hall–Kier alpha value is -3.03. The molecular weight excluding hydrogens is 404 g/mol. The average Bonchev–Trinajstić information content (AvgIpc) is 3.28. The number of anilines is 2. The number of aromatic nitrogens is 1. The van der Waals surface area contributed by atoms with Crippen LogP contribution in [0, 0.1) is 0 Å². The van der Waals surface area contributed by atoms with Gasteiger partial charge in [0, 0.05) is 43.3 Å². The highest BCUT2D eigenvalue weighted by Crippen LogP contribution is 2.18. The van der Waals surface area contributed by atoms with Crippen LogP contribution in [0.3, 0.4) is 0 Å². The predicted molar refractivity (Wildman–Crippen MR) is 116 cm³/mol. The maximum absolute atomic E-state index is 12.1. The number of benzene rings is 1. The second-order valence-corrected chi connectivity index (χ2v) is 7.53. The maximum atomic E-state index is 12.1. The number of hydrogen-bond acceptors (Lipinski definition) is 6. The largest absolute Gasteiger partial charge is 0.484 e. The first kappa shape index (κ1) is 20.3. The Morgan fingerprint density at radius 3 is 2.57 bits per heavy atom. The molecule has 1 aromatic carbocycles. The van der Waals surface area contributed by atoms with Crippen LogP contribution in [0.25, 0.3) is 0 Å². The molecule has 0 unspecified atom stereocenters. The molecule has 1 N–H and O–H groups in total. The van der Waals surface area contributed by atoms with E-state index in [4.69, 9.17) is 20.8 Å². The van der Waals surface area contributed by atoms with Crippen molar-refractivity contribution in [3.05, 3.63) is 71.8 Å². The minimum atomic E-state index is -0.243. The zero-order valence-electron chi connectivity index (χ0n) is 16.5. The highest BCUT2D eigenvalue weighted by atomic mass is 35.5. The summed E-state index contributed by atoms with van der Waals surface area (Å²) < 4.78 is 10.6. The van der Waals surface area contributed by atoms with Crippen molar-refractivity contribution < 1.29 is 13.9 Å². The third kappa shape index (κ3) is 5.52. The Labute approximate surface area is 180 Å². The lowest BCUT2D eigenvalue weighted by molar-refractivity contribution is -0.118. The second-order valence-electron chi connectivity index (χ2n) is 7.09. The van der Waals surface area contributed by atoms with Crippen molar-refractivity contribution in [2.75, 3.05) is 43.0 Å². The van der Waals surface area contributed by atoms with Gasteiger partial charge in [-0.2, -0.15) is 0 Å². The van der Waals surface area contributed by atoms with Crippen LogP contribution in [0.4, 0.5) is 11.5 Å². The molecule has 30 heavy (non-hydrogen) atoms. The molecule has 2 aromatic heterocycles. The number of hydrogen-bond donors (Lipinski definition) is 1. The van der Waals surface area contributed by atoms with E-state index >= 15 is 0 Å². The van der Waals surface area contributed by atoms with Gasteiger partial charge in [0.15, 0.2) is 6.61 Å². The van der Waals surface area contributed by atoms with Crippen LogP contribution in [0.5, 0.6) is 5.75 Å². The van der Waals surface area contributed by atoms with E-state index in [0.29, 0.717) is 16.5 Å². The lowest BCUT2D eigenvalue weighted by atomic mass is 10.2. The van der Waals surface area contributed by atoms with E-state index in [1.807, 2.05) is 18.2 Å². The van der Waals surface area contributed by atoms with Gasteiger partial charge in [0.2, 0.25) is 0 Å². The molecule has 0 radical (unpaired) electrons. The van der Waals surface area contributed by atoms with Gasteiger partial charge in [0.1, 0.15) is 11.6 Å². The summed E-state index contributed by atoms with van der Waals surface area (Å²) in [5, 5.41) is 3.42. The lowest BCUT2D eigenvalue weighted by Gasteiger charge is -2.35. The molecule has 3 heterocycles. The third-order valence-corrected chi connectivity index (χ3v) is 5.15. The maximum Gasteiger partial charge on any atom is 0.262 e. The van der Waals surface area contributed by atoms with Crippen LogP contribution in [0.1, 0.15) is 5.56 Å². The van der Waals surface area contributed by atoms with Gasteiger partial charge in [-0.1, -0.05) is 11.6 Å². The van der Waals surface area contributed by atoms with Crippen molar-refractivity contribution in [1.29, 1.82) is 0 Å². The predicted octanol–water partition coefficient (Wildman–Crippen LogP) is 3.67. The minimum absolute atomic E-state index is 0.0813. The van der Waals surface area contributed by atoms with Gasteiger partial charge in [-0.15, -0.1) is 0 Å². The molecular formula is C22H23ClN4O3. The first-order chi connectivity index (χ1) is 14.7. The summed E-state index contributed by atoms with van der Waals surface area (Å²) in [6, 6.07) is 12.7. The summed E-state index contributed by atoms with van der Waals surface area (Å²) in [4.78, 5) is 21.3. The van der Waals surface area contributed by atoms with Crippen LogP contribution >= 0.6 is 11.6 Å². The number of carbonyl (C=O) groups is 1. The van der Waals surface area contributed by atoms with Gasteiger partial charge in [-0.25, -0.2) is 4.98 Å². The molecule has 0 atom stereocenters. The van der Waals surface area contributed by atoms with Crippen LogP contribution in [-0.4, -0.2) is 48.6 Å². The molecule has 0 saturated carbocycles. The van der Waals surface area contributed by atoms with Crippen LogP contribution in [-0.2, 0) is 11.3 Å². The first-order valence-corrected chi connectivity index (χ1v) is 10.2. The van der Waals surface area contributed by atoms with Gasteiger partial charge < -0.3 is 19.4 Å². The van der Waals surface area contributed by atoms with Crippen molar-refractivity contribution in [2.24, 2.45) is 0 Å². The molecule has 4 rings (SSSR count). The van der Waals surface area contributed by atoms with Gasteiger partial charge in [-0.05, 0) is 42.5 Å². The summed E-state index contributed by atoms with van der Waals surface area (Å²) in [6.45, 7) is 4.57. The molecule has 156 valence electrons. The van der Waals surface area contributed by atoms with Crippen LogP contribution in [0.2, 0.25) is 5.02 Å². The van der Waals surface area contributed by atoms with Crippen molar-refractivity contribution in [3.8, 4) is 5.75 Å². The number of furan rings is 1. The molecule has 7 nitrogen and oxygen atoms in total. The number of halogens is 1. The van der Waals surface area contributed by atoms with Crippen molar-refractivity contribution in [2.45, 2.75) is 6.54 Å². The molecule has 1 aliphatic heterocycles. The number of ether oxygens (including phenoxy) is 1. The summed E-state index contributed by atoms with van der Waals surface area (Å²) in [5.74, 6) is 1.26. The molecule has 1 aliphatic rings. The Balaban J connectivity index is 1.23. The van der Waals surface area contributed by atoms with Gasteiger partial charge >= 0.3 is 0 Å². The molecule has 0 spiro atoms. The molecule has 1 amide bonds. The van der Waals surface area contributed by atoms with E-state index in [9.17, 15) is 4.79 Å². The van der Waals surface area contributed by atoms with E-state index in [-0.39, 0.29) is 12.5 Å². The Morgan fingerprint density at radius 1 is 1.10 bits per heavy atom. The van der Waals surface area contributed by atoms with Gasteiger partial charge in [0.05, 0.1) is 24.4 Å². The fourth-order valence-electron chi connectivity index (χ4n) is 3.30. The standard InChI is InChI=1S/C22H23ClN4O3/c23-18-1-4-20(5-2-18)30-16-22(28)25-19-3-6-21(24-13-19)27-10-8-26(9-11-27)14-17-7-12-29-15-17/h1-7,12-13,15H,8-11,14,16H2,(H,25,28). The van der Waals surface area contributed by atoms with E-state index in [2.05, 4.69) is 20.1 Å². The molecule has 1 saturated heterocycles. The van der Waals surface area contributed by atoms with Crippen molar-refractivity contribution in [1.82, 2.24) is 9.88 Å². The number of nitrogens with zero attached hydrogens (tertiary/aromatic N) is 3. The average molecular weight is 427 g/mol. The fraction of sp³-hybridized carbons (Fsp3) is 0.273. The minimum Gasteiger partial charge on any atom is -0.484 e. The molecule has 3 aromatic rings. The van der Waals surface area contributed by atoms with Crippen LogP contribution < -0.4 is 15.0 Å². The Morgan fingerprint density at radius 2 is 1.90 bits per heavy atom. The van der Waals surface area contributed by atoms with E-state index in [1.54, 1.807) is 43.0 Å². The van der Waals surface area contributed by atoms with Gasteiger partial charge in [0.25, 0.3) is 5.91 Å². The topological polar surface area (TPSA) is 70.8 Å². The second kappa shape index (κ2) is 9.65. The number of pyridine rings is 1. The molecule has 1 fully saturated rings. The van der Waals surface area contributed by atoms with Crippen molar-refractivity contribution >= 4 is 29.0 Å². The smallest absolute Gasteiger partial charge is 0.262 e. The normalized spacial score (nSPS) is 14.5.